The molecule has 0 atom stereocenters. The summed E-state index contributed by atoms with van der Waals surface area (Å²) in [4.78, 5) is 0. The molecule has 0 fully saturated rings. The monoisotopic (exact) mass is 218 g/mol. The van der Waals surface area contributed by atoms with Crippen LogP contribution in [0.5, 0.6) is 0 Å². The van der Waals surface area contributed by atoms with Crippen molar-refractivity contribution in [1.82, 2.24) is 0 Å². The Morgan fingerprint density at radius 2 is 1.45 bits per heavy atom. The summed E-state index contributed by atoms with van der Waals surface area (Å²) < 4.78 is 0. The first-order valence-electron chi connectivity index (χ1n) is 4.63. The first-order valence-corrected chi connectivity index (χ1v) is 5.54. The van der Waals surface area contributed by atoms with Gasteiger partial charge in [-0.1, -0.05) is 67.8 Å². The fourth-order valence-electron chi connectivity index (χ4n) is 1.11. The van der Waals surface area contributed by atoms with Crippen LogP contribution < -0.4 is 0 Å². The van der Waals surface area contributed by atoms with Crippen LogP contribution in [0.15, 0.2) is 0 Å². The molecule has 0 bridgehead atoms. The molecule has 0 aromatic heterocycles. The summed E-state index contributed by atoms with van der Waals surface area (Å²) in [6, 6.07) is 0. The Balaban J connectivity index is 2.69. The summed E-state index contributed by atoms with van der Waals surface area (Å²) in [7, 11) is 0. The maximum atomic E-state index is 3.82. The van der Waals surface area contributed by atoms with E-state index in [9.17, 15) is 0 Å². The fraction of sp³-hybridized carbons (Fsp3) is 0.800. The number of hydrogen-bond acceptors (Lipinski definition) is 0. The highest BCUT2D eigenvalue weighted by atomic mass is 79.9. The zero-order valence-corrected chi connectivity index (χ0v) is 8.91. The Morgan fingerprint density at radius 3 is 2.00 bits per heavy atom. The molecule has 0 aliphatic rings. The lowest BCUT2D eigenvalue weighted by molar-refractivity contribution is 0.598. The van der Waals surface area contributed by atoms with Crippen LogP contribution in [0.2, 0.25) is 0 Å². The zero-order valence-electron chi connectivity index (χ0n) is 7.32. The van der Waals surface area contributed by atoms with Crippen molar-refractivity contribution in [3.63, 3.8) is 0 Å². The van der Waals surface area contributed by atoms with Gasteiger partial charge in [-0.25, -0.2) is 0 Å². The van der Waals surface area contributed by atoms with Crippen molar-refractivity contribution in [3.05, 3.63) is 12.3 Å². The van der Waals surface area contributed by atoms with Gasteiger partial charge in [0.2, 0.25) is 0 Å². The van der Waals surface area contributed by atoms with E-state index in [1.165, 1.54) is 44.9 Å². The molecular weight excluding hydrogens is 200 g/mol. The number of unbranched alkanes of at least 4 members (excludes halogenated alkanes) is 7. The van der Waals surface area contributed by atoms with E-state index < -0.39 is 0 Å². The van der Waals surface area contributed by atoms with E-state index in [4.69, 9.17) is 0 Å². The van der Waals surface area contributed by atoms with Crippen LogP contribution in [-0.2, 0) is 0 Å². The largest absolute Gasteiger partial charge is 0.0879 e. The van der Waals surface area contributed by atoms with E-state index in [2.05, 4.69) is 28.2 Å². The molecule has 0 aliphatic carbocycles. The van der Waals surface area contributed by atoms with Crippen LogP contribution in [0.3, 0.4) is 0 Å². The van der Waals surface area contributed by atoms with Gasteiger partial charge in [-0.15, -0.1) is 0 Å². The van der Waals surface area contributed by atoms with Crippen LogP contribution in [0.25, 0.3) is 0 Å². The number of rotatable bonds is 8. The second-order valence-electron chi connectivity index (χ2n) is 2.92. The normalized spacial score (nSPS) is 10.4. The SMILES string of the molecule is [CH2]CCCCCCCC[CH]Br. The first-order chi connectivity index (χ1) is 5.41. The molecule has 0 N–H and O–H groups in total. The second-order valence-corrected chi connectivity index (χ2v) is 3.57. The molecule has 11 heavy (non-hydrogen) atoms. The highest BCUT2D eigenvalue weighted by Crippen LogP contribution is 2.10. The van der Waals surface area contributed by atoms with Crippen LogP contribution >= 0.6 is 15.9 Å². The van der Waals surface area contributed by atoms with Crippen molar-refractivity contribution in [2.24, 2.45) is 0 Å². The number of hydrogen-bond donors (Lipinski definition) is 0. The molecule has 66 valence electrons. The van der Waals surface area contributed by atoms with Crippen LogP contribution in [-0.4, -0.2) is 0 Å². The average molecular weight is 219 g/mol. The summed E-state index contributed by atoms with van der Waals surface area (Å²) in [5.41, 5.74) is 0. The predicted molar refractivity (Wildman–Crippen MR) is 55.5 cm³/mol. The first kappa shape index (κ1) is 11.5. The molecule has 0 aromatic rings. The third kappa shape index (κ3) is 10.5. The Labute approximate surface area is 79.9 Å². The highest BCUT2D eigenvalue weighted by molar-refractivity contribution is 9.10. The van der Waals surface area contributed by atoms with Gasteiger partial charge in [0.25, 0.3) is 0 Å². The molecule has 0 spiro atoms. The minimum atomic E-state index is 1.11. The van der Waals surface area contributed by atoms with Crippen LogP contribution in [0, 0.1) is 12.3 Å². The van der Waals surface area contributed by atoms with Gasteiger partial charge in [0.15, 0.2) is 0 Å². The van der Waals surface area contributed by atoms with E-state index >= 15 is 0 Å². The van der Waals surface area contributed by atoms with Crippen molar-refractivity contribution < 1.29 is 0 Å². The maximum Gasteiger partial charge on any atom is 0.0271 e. The smallest absolute Gasteiger partial charge is 0.0271 e. The summed E-state index contributed by atoms with van der Waals surface area (Å²) in [6.07, 6.45) is 10.5. The van der Waals surface area contributed by atoms with E-state index in [0.717, 1.165) is 6.42 Å². The van der Waals surface area contributed by atoms with Crippen LogP contribution in [0.1, 0.15) is 51.4 Å². The van der Waals surface area contributed by atoms with Gasteiger partial charge >= 0.3 is 0 Å². The summed E-state index contributed by atoms with van der Waals surface area (Å²) in [6.45, 7) is 3.82. The lowest BCUT2D eigenvalue weighted by Crippen LogP contribution is -1.78. The van der Waals surface area contributed by atoms with E-state index in [1.54, 1.807) is 0 Å². The van der Waals surface area contributed by atoms with E-state index in [-0.39, 0.29) is 0 Å². The maximum absolute atomic E-state index is 3.82. The predicted octanol–water partition coefficient (Wildman–Crippen LogP) is 4.50. The summed E-state index contributed by atoms with van der Waals surface area (Å²) >= 11 is 3.31. The molecule has 0 saturated carbocycles. The third-order valence-electron chi connectivity index (χ3n) is 1.81. The van der Waals surface area contributed by atoms with Gasteiger partial charge in [0.1, 0.15) is 0 Å². The van der Waals surface area contributed by atoms with Gasteiger partial charge in [0.05, 0.1) is 0 Å². The molecule has 1 heteroatoms. The molecule has 0 unspecified atom stereocenters. The zero-order chi connectivity index (χ0) is 8.36. The van der Waals surface area contributed by atoms with Gasteiger partial charge in [-0.05, 0) is 6.42 Å². The van der Waals surface area contributed by atoms with Gasteiger partial charge < -0.3 is 0 Å². The van der Waals surface area contributed by atoms with Crippen molar-refractivity contribution in [2.75, 3.05) is 0 Å². The Hall–Kier alpha value is 0.480. The lowest BCUT2D eigenvalue weighted by Gasteiger charge is -1.98. The molecule has 0 amide bonds. The van der Waals surface area contributed by atoms with E-state index in [0.29, 0.717) is 0 Å². The molecule has 0 rings (SSSR count). The van der Waals surface area contributed by atoms with Crippen LogP contribution in [0.4, 0.5) is 0 Å². The van der Waals surface area contributed by atoms with E-state index in [1.807, 2.05) is 0 Å². The molecule has 0 saturated heterocycles. The summed E-state index contributed by atoms with van der Waals surface area (Å²) in [5.74, 6) is 0. The van der Waals surface area contributed by atoms with Gasteiger partial charge in [-0.3, -0.25) is 0 Å². The number of halogens is 1. The highest BCUT2D eigenvalue weighted by Gasteiger charge is 1.89. The molecule has 0 nitrogen and oxygen atoms in total. The standard InChI is InChI=1S/C10H19Br/c1-2-3-4-5-6-7-8-9-10-11/h10H,1-9H2. The topological polar surface area (TPSA) is 0 Å². The van der Waals surface area contributed by atoms with Gasteiger partial charge in [-0.2, -0.15) is 0 Å². The molecule has 0 aliphatic heterocycles. The minimum Gasteiger partial charge on any atom is -0.0879 e. The Bertz CT molecular complexity index is 53.9. The van der Waals surface area contributed by atoms with Crippen molar-refractivity contribution in [2.45, 2.75) is 51.4 Å². The van der Waals surface area contributed by atoms with Crippen molar-refractivity contribution in [1.29, 1.82) is 0 Å². The molecule has 0 heterocycles. The lowest BCUT2D eigenvalue weighted by atomic mass is 10.1. The second kappa shape index (κ2) is 10.5. The Morgan fingerprint density at radius 1 is 0.909 bits per heavy atom. The molecule has 0 aromatic carbocycles. The minimum absolute atomic E-state index is 1.11. The molecular formula is C10H19Br. The Kier molecular flexibility index (Phi) is 10.9. The third-order valence-corrected chi connectivity index (χ3v) is 2.27. The summed E-state index contributed by atoms with van der Waals surface area (Å²) in [5, 5.41) is 2.07. The van der Waals surface area contributed by atoms with Gasteiger partial charge in [0, 0.05) is 5.33 Å². The quantitative estimate of drug-likeness (QED) is 0.527. The molecule has 2 radical (unpaired) electrons. The fourth-order valence-corrected chi connectivity index (χ4v) is 1.43. The average Bonchev–Trinajstić information content (AvgIpc) is 2.03. The van der Waals surface area contributed by atoms with Crippen molar-refractivity contribution in [3.8, 4) is 0 Å². The van der Waals surface area contributed by atoms with Crippen molar-refractivity contribution >= 4 is 15.9 Å².